The highest BCUT2D eigenvalue weighted by atomic mass is 79.9. The molecule has 3 nitrogen and oxygen atoms in total. The van der Waals surface area contributed by atoms with Gasteiger partial charge in [0.15, 0.2) is 5.78 Å². The number of benzene rings is 2. The highest BCUT2D eigenvalue weighted by molar-refractivity contribution is 9.10. The Balaban J connectivity index is 1.55. The van der Waals surface area contributed by atoms with Crippen molar-refractivity contribution >= 4 is 33.7 Å². The summed E-state index contributed by atoms with van der Waals surface area (Å²) in [4.78, 5) is 26.7. The molecule has 128 valence electrons. The van der Waals surface area contributed by atoms with E-state index in [0.717, 1.165) is 28.4 Å². The van der Waals surface area contributed by atoms with Crippen LogP contribution in [0.1, 0.15) is 28.8 Å². The molecule has 1 aliphatic heterocycles. The normalized spacial score (nSPS) is 15.5. The molecular weight excluding hydrogens is 378 g/mol. The molecular formula is C21H20BrNO2. The first-order chi connectivity index (χ1) is 12.1. The van der Waals surface area contributed by atoms with Crippen molar-refractivity contribution in [1.29, 1.82) is 0 Å². The molecule has 0 aromatic heterocycles. The zero-order chi connectivity index (χ0) is 17.6. The summed E-state index contributed by atoms with van der Waals surface area (Å²) in [6.45, 7) is 1.26. The number of hydrogen-bond donors (Lipinski definition) is 0. The van der Waals surface area contributed by atoms with Crippen LogP contribution in [0.2, 0.25) is 0 Å². The van der Waals surface area contributed by atoms with E-state index < -0.39 is 0 Å². The summed E-state index contributed by atoms with van der Waals surface area (Å²) in [5.74, 6) is 0.212. The number of rotatable bonds is 4. The fraction of sp³-hybridized carbons (Fsp3) is 0.238. The first-order valence-electron chi connectivity index (χ1n) is 8.45. The summed E-state index contributed by atoms with van der Waals surface area (Å²) >= 11 is 3.42. The van der Waals surface area contributed by atoms with E-state index in [1.807, 2.05) is 65.6 Å². The van der Waals surface area contributed by atoms with E-state index in [1.54, 1.807) is 6.08 Å². The van der Waals surface area contributed by atoms with Gasteiger partial charge in [-0.3, -0.25) is 9.59 Å². The van der Waals surface area contributed by atoms with Gasteiger partial charge in [0.05, 0.1) is 0 Å². The monoisotopic (exact) mass is 397 g/mol. The first-order valence-corrected chi connectivity index (χ1v) is 9.24. The van der Waals surface area contributed by atoms with Crippen molar-refractivity contribution in [3.05, 3.63) is 76.3 Å². The van der Waals surface area contributed by atoms with Gasteiger partial charge in [0.25, 0.3) is 0 Å². The van der Waals surface area contributed by atoms with Gasteiger partial charge in [-0.05, 0) is 36.6 Å². The van der Waals surface area contributed by atoms with Gasteiger partial charge in [-0.2, -0.15) is 0 Å². The summed E-state index contributed by atoms with van der Waals surface area (Å²) < 4.78 is 0.988. The van der Waals surface area contributed by atoms with Crippen LogP contribution < -0.4 is 0 Å². The predicted octanol–water partition coefficient (Wildman–Crippen LogP) is 4.58. The molecule has 1 heterocycles. The van der Waals surface area contributed by atoms with Crippen LogP contribution in [0.5, 0.6) is 0 Å². The molecule has 1 aliphatic rings. The van der Waals surface area contributed by atoms with Gasteiger partial charge >= 0.3 is 0 Å². The number of ketones is 1. The molecule has 0 saturated carbocycles. The van der Waals surface area contributed by atoms with Gasteiger partial charge in [-0.1, -0.05) is 58.4 Å². The van der Waals surface area contributed by atoms with E-state index in [0.29, 0.717) is 13.1 Å². The van der Waals surface area contributed by atoms with Crippen molar-refractivity contribution in [2.45, 2.75) is 12.8 Å². The molecule has 4 heteroatoms. The van der Waals surface area contributed by atoms with Gasteiger partial charge in [-0.25, -0.2) is 0 Å². The maximum atomic E-state index is 12.5. The lowest BCUT2D eigenvalue weighted by Gasteiger charge is -2.30. The van der Waals surface area contributed by atoms with Crippen molar-refractivity contribution < 1.29 is 9.59 Å². The molecule has 25 heavy (non-hydrogen) atoms. The SMILES string of the molecule is O=C(c1ccccc1)C1CCN(C(=O)C=Cc2cccc(Br)c2)CC1. The highest BCUT2D eigenvalue weighted by Gasteiger charge is 2.27. The predicted molar refractivity (Wildman–Crippen MR) is 103 cm³/mol. The van der Waals surface area contributed by atoms with Gasteiger partial charge in [-0.15, -0.1) is 0 Å². The van der Waals surface area contributed by atoms with Crippen LogP contribution in [-0.4, -0.2) is 29.7 Å². The van der Waals surface area contributed by atoms with Crippen LogP contribution in [0.15, 0.2) is 65.1 Å². The van der Waals surface area contributed by atoms with Crippen molar-refractivity contribution in [3.63, 3.8) is 0 Å². The number of hydrogen-bond acceptors (Lipinski definition) is 2. The molecule has 1 saturated heterocycles. The quantitative estimate of drug-likeness (QED) is 0.558. The molecule has 2 aromatic carbocycles. The smallest absolute Gasteiger partial charge is 0.246 e. The number of halogens is 1. The average Bonchev–Trinajstić information content (AvgIpc) is 2.66. The topological polar surface area (TPSA) is 37.4 Å². The van der Waals surface area contributed by atoms with E-state index >= 15 is 0 Å². The molecule has 0 atom stereocenters. The molecule has 1 amide bonds. The van der Waals surface area contributed by atoms with Gasteiger partial charge < -0.3 is 4.90 Å². The lowest BCUT2D eigenvalue weighted by atomic mass is 9.89. The molecule has 3 rings (SSSR count). The zero-order valence-electron chi connectivity index (χ0n) is 13.9. The van der Waals surface area contributed by atoms with E-state index in [9.17, 15) is 9.59 Å². The van der Waals surface area contributed by atoms with Gasteiger partial charge in [0, 0.05) is 35.1 Å². The number of carbonyl (C=O) groups is 2. The number of carbonyl (C=O) groups excluding carboxylic acids is 2. The Morgan fingerprint density at radius 2 is 1.72 bits per heavy atom. The van der Waals surface area contributed by atoms with E-state index in [4.69, 9.17) is 0 Å². The minimum absolute atomic E-state index is 0.00517. The number of piperidine rings is 1. The minimum atomic E-state index is 0.00517. The maximum absolute atomic E-state index is 12.5. The van der Waals surface area contributed by atoms with E-state index in [-0.39, 0.29) is 17.6 Å². The summed E-state index contributed by atoms with van der Waals surface area (Å²) in [6, 6.07) is 17.2. The third kappa shape index (κ3) is 4.67. The zero-order valence-corrected chi connectivity index (χ0v) is 15.5. The summed E-state index contributed by atoms with van der Waals surface area (Å²) in [5, 5.41) is 0. The van der Waals surface area contributed by atoms with Crippen LogP contribution >= 0.6 is 15.9 Å². The second kappa shape index (κ2) is 8.26. The number of nitrogens with zero attached hydrogens (tertiary/aromatic N) is 1. The third-order valence-corrected chi connectivity index (χ3v) is 5.00. The van der Waals surface area contributed by atoms with E-state index in [1.165, 1.54) is 0 Å². The third-order valence-electron chi connectivity index (χ3n) is 4.50. The number of Topliss-reactive ketones (excluding diaryl/α,β-unsaturated/α-hetero) is 1. The molecule has 0 unspecified atom stereocenters. The molecule has 0 radical (unpaired) electrons. The van der Waals surface area contributed by atoms with Crippen LogP contribution in [0.3, 0.4) is 0 Å². The number of amides is 1. The highest BCUT2D eigenvalue weighted by Crippen LogP contribution is 2.22. The first kappa shape index (κ1) is 17.6. The fourth-order valence-electron chi connectivity index (χ4n) is 3.08. The van der Waals surface area contributed by atoms with Crippen molar-refractivity contribution in [1.82, 2.24) is 4.90 Å². The lowest BCUT2D eigenvalue weighted by Crippen LogP contribution is -2.39. The standard InChI is InChI=1S/C21H20BrNO2/c22-19-8-4-5-16(15-19)9-10-20(24)23-13-11-18(12-14-23)21(25)17-6-2-1-3-7-17/h1-10,15,18H,11-14H2. The Kier molecular flexibility index (Phi) is 5.82. The van der Waals surface area contributed by atoms with Crippen molar-refractivity contribution in [3.8, 4) is 0 Å². The summed E-state index contributed by atoms with van der Waals surface area (Å²) in [5.41, 5.74) is 1.75. The Morgan fingerprint density at radius 1 is 1.00 bits per heavy atom. The van der Waals surface area contributed by atoms with Crippen molar-refractivity contribution in [2.75, 3.05) is 13.1 Å². The van der Waals surface area contributed by atoms with Gasteiger partial charge in [0.1, 0.15) is 0 Å². The Morgan fingerprint density at radius 3 is 2.40 bits per heavy atom. The Labute approximate surface area is 156 Å². The van der Waals surface area contributed by atoms with Gasteiger partial charge in [0.2, 0.25) is 5.91 Å². The molecule has 1 fully saturated rings. The fourth-order valence-corrected chi connectivity index (χ4v) is 3.50. The van der Waals surface area contributed by atoms with Crippen LogP contribution in [0.4, 0.5) is 0 Å². The second-order valence-electron chi connectivity index (χ2n) is 6.22. The Hall–Kier alpha value is -2.20. The van der Waals surface area contributed by atoms with Crippen LogP contribution in [0, 0.1) is 5.92 Å². The van der Waals surface area contributed by atoms with E-state index in [2.05, 4.69) is 15.9 Å². The molecule has 0 N–H and O–H groups in total. The molecule has 0 spiro atoms. The second-order valence-corrected chi connectivity index (χ2v) is 7.13. The van der Waals surface area contributed by atoms with Crippen molar-refractivity contribution in [2.24, 2.45) is 5.92 Å². The molecule has 0 bridgehead atoms. The summed E-state index contributed by atoms with van der Waals surface area (Å²) in [7, 11) is 0. The largest absolute Gasteiger partial charge is 0.339 e. The number of likely N-dealkylation sites (tertiary alicyclic amines) is 1. The van der Waals surface area contributed by atoms with Crippen LogP contribution in [-0.2, 0) is 4.79 Å². The summed E-state index contributed by atoms with van der Waals surface area (Å²) in [6.07, 6.45) is 4.89. The molecule has 0 aliphatic carbocycles. The average molecular weight is 398 g/mol. The maximum Gasteiger partial charge on any atom is 0.246 e. The Bertz CT molecular complexity index is 777. The minimum Gasteiger partial charge on any atom is -0.339 e. The van der Waals surface area contributed by atoms with Crippen LogP contribution in [0.25, 0.3) is 6.08 Å². The molecule has 2 aromatic rings. The lowest BCUT2D eigenvalue weighted by molar-refractivity contribution is -0.127.